The van der Waals surface area contributed by atoms with Crippen molar-refractivity contribution in [1.82, 2.24) is 5.32 Å². The lowest BCUT2D eigenvalue weighted by Gasteiger charge is -2.16. The van der Waals surface area contributed by atoms with Crippen molar-refractivity contribution in [2.45, 2.75) is 31.7 Å². The normalized spacial score (nSPS) is 15.1. The molecule has 0 saturated heterocycles. The Morgan fingerprint density at radius 2 is 2.11 bits per heavy atom. The fraction of sp³-hybridized carbons (Fsp3) is 0.385. The van der Waals surface area contributed by atoms with Gasteiger partial charge in [0.15, 0.2) is 5.11 Å². The van der Waals surface area contributed by atoms with E-state index in [1.807, 2.05) is 0 Å². The van der Waals surface area contributed by atoms with Crippen molar-refractivity contribution >= 4 is 34.6 Å². The van der Waals surface area contributed by atoms with E-state index in [2.05, 4.69) is 16.7 Å². The first-order valence-corrected chi connectivity index (χ1v) is 6.75. The summed E-state index contributed by atoms with van der Waals surface area (Å²) in [7, 11) is 0. The summed E-state index contributed by atoms with van der Waals surface area (Å²) in [4.78, 5) is 0. The quantitative estimate of drug-likeness (QED) is 0.814. The summed E-state index contributed by atoms with van der Waals surface area (Å²) in [5, 5.41) is 16.3. The molecule has 1 saturated carbocycles. The van der Waals surface area contributed by atoms with Crippen LogP contribution in [0.3, 0.4) is 0 Å². The fourth-order valence-corrected chi connectivity index (χ4v) is 2.55. The standard InChI is InChI=1S/C13H14ClN3S/c14-11-6-5-9(8-15)7-12(11)17-13(18)16-10-3-1-2-4-10/h5-7,10H,1-4H2,(H2,16,17,18). The molecule has 5 heteroatoms. The van der Waals surface area contributed by atoms with E-state index in [9.17, 15) is 0 Å². The van der Waals surface area contributed by atoms with Crippen LogP contribution < -0.4 is 10.6 Å². The van der Waals surface area contributed by atoms with Gasteiger partial charge < -0.3 is 10.6 Å². The number of nitrogens with one attached hydrogen (secondary N) is 2. The van der Waals surface area contributed by atoms with E-state index in [1.54, 1.807) is 18.2 Å². The van der Waals surface area contributed by atoms with Gasteiger partial charge in [-0.05, 0) is 43.3 Å². The van der Waals surface area contributed by atoms with E-state index in [-0.39, 0.29) is 0 Å². The second kappa shape index (κ2) is 6.03. The molecule has 0 spiro atoms. The highest BCUT2D eigenvalue weighted by molar-refractivity contribution is 7.80. The van der Waals surface area contributed by atoms with Gasteiger partial charge >= 0.3 is 0 Å². The van der Waals surface area contributed by atoms with E-state index in [4.69, 9.17) is 29.1 Å². The van der Waals surface area contributed by atoms with E-state index < -0.39 is 0 Å². The fourth-order valence-electron chi connectivity index (χ4n) is 2.10. The molecular formula is C13H14ClN3S. The number of benzene rings is 1. The number of thiocarbonyl (C=S) groups is 1. The number of rotatable bonds is 2. The Bertz CT molecular complexity index is 489. The van der Waals surface area contributed by atoms with Gasteiger partial charge in [-0.1, -0.05) is 24.4 Å². The third kappa shape index (κ3) is 3.34. The smallest absolute Gasteiger partial charge is 0.171 e. The molecule has 1 aromatic carbocycles. The van der Waals surface area contributed by atoms with Crippen LogP contribution in [0, 0.1) is 11.3 Å². The maximum Gasteiger partial charge on any atom is 0.171 e. The first kappa shape index (κ1) is 13.1. The lowest BCUT2D eigenvalue weighted by Crippen LogP contribution is -2.36. The van der Waals surface area contributed by atoms with Crippen LogP contribution in [0.25, 0.3) is 0 Å². The minimum atomic E-state index is 0.461. The predicted molar refractivity (Wildman–Crippen MR) is 77.8 cm³/mol. The zero-order chi connectivity index (χ0) is 13.0. The Morgan fingerprint density at radius 1 is 1.39 bits per heavy atom. The monoisotopic (exact) mass is 279 g/mol. The molecule has 94 valence electrons. The maximum absolute atomic E-state index is 8.85. The number of hydrogen-bond acceptors (Lipinski definition) is 2. The molecule has 0 amide bonds. The molecule has 1 aromatic rings. The molecule has 0 unspecified atom stereocenters. The molecule has 0 atom stereocenters. The summed E-state index contributed by atoms with van der Waals surface area (Å²) in [6, 6.07) is 7.62. The summed E-state index contributed by atoms with van der Waals surface area (Å²) >= 11 is 11.3. The summed E-state index contributed by atoms with van der Waals surface area (Å²) in [6.07, 6.45) is 4.83. The van der Waals surface area contributed by atoms with Crippen LogP contribution in [0.5, 0.6) is 0 Å². The predicted octanol–water partition coefficient (Wildman–Crippen LogP) is 3.44. The lowest BCUT2D eigenvalue weighted by atomic mass is 10.2. The van der Waals surface area contributed by atoms with Gasteiger partial charge in [-0.15, -0.1) is 0 Å². The molecule has 1 aliphatic carbocycles. The topological polar surface area (TPSA) is 47.9 Å². The van der Waals surface area contributed by atoms with Crippen LogP contribution in [0.1, 0.15) is 31.2 Å². The third-order valence-electron chi connectivity index (χ3n) is 3.03. The van der Waals surface area contributed by atoms with Crippen molar-refractivity contribution in [2.24, 2.45) is 0 Å². The van der Waals surface area contributed by atoms with Crippen LogP contribution in [-0.2, 0) is 0 Å². The Balaban J connectivity index is 1.99. The van der Waals surface area contributed by atoms with Crippen molar-refractivity contribution in [2.75, 3.05) is 5.32 Å². The number of anilines is 1. The highest BCUT2D eigenvalue weighted by Crippen LogP contribution is 2.23. The van der Waals surface area contributed by atoms with Crippen molar-refractivity contribution in [3.63, 3.8) is 0 Å². The third-order valence-corrected chi connectivity index (χ3v) is 3.58. The number of nitriles is 1. The van der Waals surface area contributed by atoms with Crippen LogP contribution in [0.15, 0.2) is 18.2 Å². The van der Waals surface area contributed by atoms with Crippen LogP contribution in [0.4, 0.5) is 5.69 Å². The first-order valence-electron chi connectivity index (χ1n) is 5.96. The molecule has 1 fully saturated rings. The van der Waals surface area contributed by atoms with E-state index in [0.717, 1.165) is 12.8 Å². The zero-order valence-corrected chi connectivity index (χ0v) is 11.4. The average Bonchev–Trinajstić information content (AvgIpc) is 2.84. The van der Waals surface area contributed by atoms with Crippen molar-refractivity contribution in [3.05, 3.63) is 28.8 Å². The molecule has 1 aliphatic rings. The molecule has 18 heavy (non-hydrogen) atoms. The molecule has 0 aromatic heterocycles. The second-order valence-electron chi connectivity index (χ2n) is 4.39. The van der Waals surface area contributed by atoms with Gasteiger partial charge in [0.1, 0.15) is 0 Å². The molecule has 0 bridgehead atoms. The van der Waals surface area contributed by atoms with Gasteiger partial charge in [-0.3, -0.25) is 0 Å². The number of halogens is 1. The van der Waals surface area contributed by atoms with E-state index in [0.29, 0.717) is 27.4 Å². The number of nitrogens with zero attached hydrogens (tertiary/aromatic N) is 1. The first-order chi connectivity index (χ1) is 8.69. The lowest BCUT2D eigenvalue weighted by molar-refractivity contribution is 0.634. The van der Waals surface area contributed by atoms with Crippen LogP contribution >= 0.6 is 23.8 Å². The molecule has 3 nitrogen and oxygen atoms in total. The average molecular weight is 280 g/mol. The Morgan fingerprint density at radius 3 is 2.78 bits per heavy atom. The van der Waals surface area contributed by atoms with Gasteiger partial charge in [0.05, 0.1) is 22.3 Å². The minimum absolute atomic E-state index is 0.461. The maximum atomic E-state index is 8.85. The van der Waals surface area contributed by atoms with E-state index >= 15 is 0 Å². The molecule has 2 rings (SSSR count). The summed E-state index contributed by atoms with van der Waals surface area (Å²) < 4.78 is 0. The molecular weight excluding hydrogens is 266 g/mol. The Labute approximate surface area is 117 Å². The van der Waals surface area contributed by atoms with Crippen LogP contribution in [0.2, 0.25) is 5.02 Å². The Hall–Kier alpha value is -1.31. The van der Waals surface area contributed by atoms with Gasteiger partial charge in [0.2, 0.25) is 0 Å². The summed E-state index contributed by atoms with van der Waals surface area (Å²) in [5.41, 5.74) is 1.23. The molecule has 0 radical (unpaired) electrons. The van der Waals surface area contributed by atoms with E-state index in [1.165, 1.54) is 12.8 Å². The molecule has 0 heterocycles. The summed E-state index contributed by atoms with van der Waals surface area (Å²) in [6.45, 7) is 0. The largest absolute Gasteiger partial charge is 0.360 e. The van der Waals surface area contributed by atoms with Gasteiger partial charge in [0.25, 0.3) is 0 Å². The summed E-state index contributed by atoms with van der Waals surface area (Å²) in [5.74, 6) is 0. The van der Waals surface area contributed by atoms with Gasteiger partial charge in [0, 0.05) is 6.04 Å². The molecule has 0 aliphatic heterocycles. The minimum Gasteiger partial charge on any atom is -0.360 e. The van der Waals surface area contributed by atoms with Gasteiger partial charge in [-0.25, -0.2) is 0 Å². The Kier molecular flexibility index (Phi) is 4.40. The highest BCUT2D eigenvalue weighted by atomic mass is 35.5. The highest BCUT2D eigenvalue weighted by Gasteiger charge is 2.15. The number of hydrogen-bond donors (Lipinski definition) is 2. The van der Waals surface area contributed by atoms with Gasteiger partial charge in [-0.2, -0.15) is 5.26 Å². The van der Waals surface area contributed by atoms with Crippen molar-refractivity contribution in [1.29, 1.82) is 5.26 Å². The second-order valence-corrected chi connectivity index (χ2v) is 5.20. The zero-order valence-electron chi connectivity index (χ0n) is 9.87. The SMILES string of the molecule is N#Cc1ccc(Cl)c(NC(=S)NC2CCCC2)c1. The molecule has 2 N–H and O–H groups in total. The van der Waals surface area contributed by atoms with Crippen molar-refractivity contribution in [3.8, 4) is 6.07 Å². The van der Waals surface area contributed by atoms with Crippen LogP contribution in [-0.4, -0.2) is 11.2 Å². The van der Waals surface area contributed by atoms with Crippen molar-refractivity contribution < 1.29 is 0 Å².